The van der Waals surface area contributed by atoms with Gasteiger partial charge >= 0.3 is 5.97 Å². The molecule has 1 aliphatic carbocycles. The third kappa shape index (κ3) is 5.38. The Balaban J connectivity index is 1.41. The number of aromatic nitrogens is 3. The van der Waals surface area contributed by atoms with Crippen LogP contribution in [0.25, 0.3) is 11.0 Å². The molecular formula is C34H40N4O5S. The van der Waals surface area contributed by atoms with E-state index >= 15 is 0 Å². The average Bonchev–Trinajstić information content (AvgIpc) is 3.36. The topological polar surface area (TPSA) is 104 Å². The van der Waals surface area contributed by atoms with Gasteiger partial charge in [-0.2, -0.15) is 4.31 Å². The van der Waals surface area contributed by atoms with Crippen molar-refractivity contribution in [3.63, 3.8) is 0 Å². The molecule has 2 heterocycles. The minimum atomic E-state index is -3.73. The SMILES string of the molecule is CCOC(=O)C[C@@H](c1ccc(C)c(CN2C[C@@H](C)C3CCC3c3ccccc3S2(=O)=O)c1)c1cc(OC)c2c(c1)nnn2C. The number of esters is 1. The van der Waals surface area contributed by atoms with Crippen molar-refractivity contribution in [2.75, 3.05) is 20.3 Å². The lowest BCUT2D eigenvalue weighted by atomic mass is 9.64. The van der Waals surface area contributed by atoms with E-state index in [2.05, 4.69) is 17.2 Å². The summed E-state index contributed by atoms with van der Waals surface area (Å²) in [6.07, 6.45) is 2.27. The first-order valence-corrected chi connectivity index (χ1v) is 16.8. The van der Waals surface area contributed by atoms with Gasteiger partial charge in [-0.25, -0.2) is 13.1 Å². The highest BCUT2D eigenvalue weighted by Crippen LogP contribution is 2.50. The quantitative estimate of drug-likeness (QED) is 0.234. The molecule has 44 heavy (non-hydrogen) atoms. The molecule has 1 aromatic heterocycles. The number of hydrogen-bond donors (Lipinski definition) is 0. The molecule has 0 saturated heterocycles. The summed E-state index contributed by atoms with van der Waals surface area (Å²) >= 11 is 0. The summed E-state index contributed by atoms with van der Waals surface area (Å²) in [5.74, 6) is 0.942. The Morgan fingerprint density at radius 1 is 1.09 bits per heavy atom. The molecule has 10 heteroatoms. The van der Waals surface area contributed by atoms with Crippen LogP contribution >= 0.6 is 0 Å². The molecule has 2 unspecified atom stereocenters. The van der Waals surface area contributed by atoms with Gasteiger partial charge in [-0.05, 0) is 90.5 Å². The Kier molecular flexibility index (Phi) is 8.24. The van der Waals surface area contributed by atoms with Gasteiger partial charge in [0, 0.05) is 26.1 Å². The van der Waals surface area contributed by atoms with Gasteiger partial charge in [0.2, 0.25) is 10.0 Å². The van der Waals surface area contributed by atoms with Gasteiger partial charge < -0.3 is 9.47 Å². The molecule has 0 radical (unpaired) electrons. The van der Waals surface area contributed by atoms with Gasteiger partial charge in [0.1, 0.15) is 16.8 Å². The molecule has 0 bridgehead atoms. The number of aryl methyl sites for hydroxylation is 2. The summed E-state index contributed by atoms with van der Waals surface area (Å²) in [6, 6.07) is 17.4. The first kappa shape index (κ1) is 30.3. The van der Waals surface area contributed by atoms with Crippen LogP contribution in [0.5, 0.6) is 5.75 Å². The average molecular weight is 617 g/mol. The lowest BCUT2D eigenvalue weighted by Gasteiger charge is -2.45. The third-order valence-electron chi connectivity index (χ3n) is 9.59. The monoisotopic (exact) mass is 616 g/mol. The van der Waals surface area contributed by atoms with Crippen LogP contribution in [-0.2, 0) is 33.1 Å². The fourth-order valence-electron chi connectivity index (χ4n) is 7.07. The summed E-state index contributed by atoms with van der Waals surface area (Å²) < 4.78 is 42.8. The maximum atomic E-state index is 14.2. The number of rotatable bonds is 8. The van der Waals surface area contributed by atoms with Gasteiger partial charge in [-0.3, -0.25) is 4.79 Å². The molecule has 9 nitrogen and oxygen atoms in total. The van der Waals surface area contributed by atoms with Gasteiger partial charge in [0.05, 0.1) is 25.0 Å². The largest absolute Gasteiger partial charge is 0.494 e. The van der Waals surface area contributed by atoms with Gasteiger partial charge in [0.15, 0.2) is 0 Å². The van der Waals surface area contributed by atoms with Crippen LogP contribution in [0.2, 0.25) is 0 Å². The molecule has 4 aromatic rings. The summed E-state index contributed by atoms with van der Waals surface area (Å²) in [7, 11) is -0.320. The van der Waals surface area contributed by atoms with Crippen LogP contribution in [0.15, 0.2) is 59.5 Å². The van der Waals surface area contributed by atoms with Crippen molar-refractivity contribution in [1.29, 1.82) is 0 Å². The van der Waals surface area contributed by atoms with E-state index in [1.165, 1.54) is 0 Å². The molecule has 2 aliphatic rings. The third-order valence-corrected chi connectivity index (χ3v) is 11.5. The van der Waals surface area contributed by atoms with E-state index in [0.29, 0.717) is 34.5 Å². The summed E-state index contributed by atoms with van der Waals surface area (Å²) in [5.41, 5.74) is 6.01. The van der Waals surface area contributed by atoms with Crippen molar-refractivity contribution in [3.05, 3.63) is 82.4 Å². The molecule has 3 aromatic carbocycles. The second-order valence-electron chi connectivity index (χ2n) is 12.2. The maximum absolute atomic E-state index is 14.2. The number of ether oxygens (including phenoxy) is 2. The smallest absolute Gasteiger partial charge is 0.306 e. The highest BCUT2D eigenvalue weighted by Gasteiger charge is 2.43. The van der Waals surface area contributed by atoms with E-state index < -0.39 is 10.0 Å². The molecule has 0 amide bonds. The zero-order valence-electron chi connectivity index (χ0n) is 26.0. The van der Waals surface area contributed by atoms with E-state index in [0.717, 1.165) is 46.2 Å². The fraction of sp³-hybridized carbons (Fsp3) is 0.441. The van der Waals surface area contributed by atoms with Gasteiger partial charge in [-0.1, -0.05) is 48.5 Å². The number of sulfonamides is 1. The maximum Gasteiger partial charge on any atom is 0.306 e. The Labute approximate surface area is 259 Å². The molecule has 0 N–H and O–H groups in total. The molecule has 6 rings (SSSR count). The van der Waals surface area contributed by atoms with Crippen LogP contribution in [0.3, 0.4) is 0 Å². The zero-order valence-corrected chi connectivity index (χ0v) is 26.8. The first-order chi connectivity index (χ1) is 21.1. The summed E-state index contributed by atoms with van der Waals surface area (Å²) in [6.45, 7) is 6.98. The lowest BCUT2D eigenvalue weighted by Crippen LogP contribution is -2.43. The molecule has 232 valence electrons. The molecule has 1 saturated carbocycles. The van der Waals surface area contributed by atoms with Crippen LogP contribution in [0, 0.1) is 18.8 Å². The van der Waals surface area contributed by atoms with E-state index in [1.807, 2.05) is 62.5 Å². The van der Waals surface area contributed by atoms with Crippen LogP contribution < -0.4 is 4.74 Å². The molecular weight excluding hydrogens is 576 g/mol. The predicted octanol–water partition coefficient (Wildman–Crippen LogP) is 5.70. The first-order valence-electron chi connectivity index (χ1n) is 15.3. The fourth-order valence-corrected chi connectivity index (χ4v) is 8.86. The number of nitrogens with zero attached hydrogens (tertiary/aromatic N) is 4. The van der Waals surface area contributed by atoms with E-state index in [1.54, 1.807) is 29.1 Å². The Morgan fingerprint density at radius 2 is 1.89 bits per heavy atom. The Morgan fingerprint density at radius 3 is 2.61 bits per heavy atom. The van der Waals surface area contributed by atoms with Gasteiger partial charge in [-0.15, -0.1) is 5.10 Å². The normalized spacial score (nSPS) is 21.8. The summed E-state index contributed by atoms with van der Waals surface area (Å²) in [5, 5.41) is 8.46. The van der Waals surface area contributed by atoms with Crippen LogP contribution in [-0.4, -0.2) is 53.9 Å². The minimum absolute atomic E-state index is 0.112. The molecule has 1 fully saturated rings. The number of methoxy groups -OCH3 is 1. The Bertz CT molecular complexity index is 1820. The van der Waals surface area contributed by atoms with Crippen molar-refractivity contribution in [2.24, 2.45) is 18.9 Å². The number of carbonyl (C=O) groups is 1. The van der Waals surface area contributed by atoms with Gasteiger partial charge in [0.25, 0.3) is 0 Å². The molecule has 4 atom stereocenters. The van der Waals surface area contributed by atoms with Crippen molar-refractivity contribution >= 4 is 27.0 Å². The molecule has 0 spiro atoms. The zero-order chi connectivity index (χ0) is 31.2. The predicted molar refractivity (Wildman–Crippen MR) is 168 cm³/mol. The second-order valence-corrected chi connectivity index (χ2v) is 14.1. The minimum Gasteiger partial charge on any atom is -0.494 e. The van der Waals surface area contributed by atoms with Crippen LogP contribution in [0.1, 0.15) is 72.8 Å². The van der Waals surface area contributed by atoms with E-state index in [9.17, 15) is 13.2 Å². The van der Waals surface area contributed by atoms with Crippen molar-refractivity contribution < 1.29 is 22.7 Å². The number of carbonyl (C=O) groups excluding carboxylic acids is 1. The van der Waals surface area contributed by atoms with E-state index in [-0.39, 0.29) is 37.4 Å². The lowest BCUT2D eigenvalue weighted by molar-refractivity contribution is -0.143. The number of benzene rings is 3. The van der Waals surface area contributed by atoms with Crippen molar-refractivity contribution in [3.8, 4) is 5.75 Å². The number of fused-ring (bicyclic) bond motifs is 4. The highest BCUT2D eigenvalue weighted by molar-refractivity contribution is 7.89. The van der Waals surface area contributed by atoms with Crippen LogP contribution in [0.4, 0.5) is 0 Å². The second kappa shape index (κ2) is 12.0. The van der Waals surface area contributed by atoms with Crippen molar-refractivity contribution in [1.82, 2.24) is 19.3 Å². The standard InChI is InChI=1S/C34H40N4O5S/c1-6-43-33(39)18-29(24-16-30-34(31(17-24)42-5)37(4)36-35-30)23-12-11-21(2)25(15-23)20-38-19-22(3)26-13-14-27(26)28-9-7-8-10-32(28)44(38,40)41/h7-12,15-17,22,26-27,29H,6,13-14,18-20H2,1-5H3/t22-,26?,27?,29+/m1/s1. The highest BCUT2D eigenvalue weighted by atomic mass is 32.2. The Hall–Kier alpha value is -3.76. The van der Waals surface area contributed by atoms with E-state index in [4.69, 9.17) is 9.47 Å². The summed E-state index contributed by atoms with van der Waals surface area (Å²) in [4.78, 5) is 13.3. The molecule has 1 aliphatic heterocycles. The van der Waals surface area contributed by atoms with Crippen molar-refractivity contribution in [2.45, 2.75) is 63.3 Å². The number of hydrogen-bond acceptors (Lipinski definition) is 7.